The van der Waals surface area contributed by atoms with E-state index in [4.69, 9.17) is 15.2 Å². The van der Waals surface area contributed by atoms with Gasteiger partial charge in [-0.15, -0.1) is 0 Å². The second kappa shape index (κ2) is 5.94. The van der Waals surface area contributed by atoms with E-state index in [1.54, 1.807) is 0 Å². The fraction of sp³-hybridized carbons (Fsp3) is 0.417. The molecule has 1 aromatic carbocycles. The smallest absolute Gasteiger partial charge is 0.254 e. The van der Waals surface area contributed by atoms with Gasteiger partial charge >= 0.3 is 0 Å². The van der Waals surface area contributed by atoms with Gasteiger partial charge in [0.05, 0.1) is 37.2 Å². The zero-order valence-electron chi connectivity index (χ0n) is 10.1. The van der Waals surface area contributed by atoms with Crippen LogP contribution in [-0.2, 0) is 9.47 Å². The number of anilines is 1. The van der Waals surface area contributed by atoms with Crippen LogP contribution in [0.15, 0.2) is 12.1 Å². The Bertz CT molecular complexity index is 476. The van der Waals surface area contributed by atoms with Crippen LogP contribution < -0.4 is 11.1 Å². The van der Waals surface area contributed by atoms with Gasteiger partial charge in [0, 0.05) is 6.54 Å². The lowest BCUT2D eigenvalue weighted by Crippen LogP contribution is -2.40. The molecule has 1 amide bonds. The van der Waals surface area contributed by atoms with Crippen LogP contribution in [0.4, 0.5) is 14.5 Å². The third kappa shape index (κ3) is 3.39. The van der Waals surface area contributed by atoms with E-state index in [1.165, 1.54) is 0 Å². The van der Waals surface area contributed by atoms with Crippen LogP contribution in [0.1, 0.15) is 10.4 Å². The van der Waals surface area contributed by atoms with Gasteiger partial charge in [-0.25, -0.2) is 8.78 Å². The van der Waals surface area contributed by atoms with Crippen LogP contribution in [0.5, 0.6) is 0 Å². The van der Waals surface area contributed by atoms with Gasteiger partial charge in [0.15, 0.2) is 5.82 Å². The molecule has 0 bridgehead atoms. The van der Waals surface area contributed by atoms with Crippen molar-refractivity contribution in [1.29, 1.82) is 0 Å². The van der Waals surface area contributed by atoms with Crippen LogP contribution in [0, 0.1) is 11.6 Å². The molecule has 5 nitrogen and oxygen atoms in total. The molecule has 0 aliphatic carbocycles. The summed E-state index contributed by atoms with van der Waals surface area (Å²) in [5.74, 6) is -2.43. The molecule has 0 aromatic heterocycles. The van der Waals surface area contributed by atoms with Crippen molar-refractivity contribution in [2.45, 2.75) is 6.10 Å². The molecule has 0 saturated carbocycles. The summed E-state index contributed by atoms with van der Waals surface area (Å²) in [6.45, 7) is 1.48. The number of rotatable bonds is 3. The van der Waals surface area contributed by atoms with Crippen molar-refractivity contribution >= 4 is 11.6 Å². The number of carbonyl (C=O) groups excluding carboxylic acids is 1. The molecule has 1 atom stereocenters. The highest BCUT2D eigenvalue weighted by Crippen LogP contribution is 2.17. The third-order valence-electron chi connectivity index (χ3n) is 2.69. The average molecular weight is 272 g/mol. The van der Waals surface area contributed by atoms with Gasteiger partial charge in [-0.1, -0.05) is 0 Å². The molecule has 1 heterocycles. The molecule has 1 aliphatic heterocycles. The van der Waals surface area contributed by atoms with Crippen LogP contribution in [0.25, 0.3) is 0 Å². The Morgan fingerprint density at radius 3 is 2.89 bits per heavy atom. The fourth-order valence-corrected chi connectivity index (χ4v) is 1.73. The predicted octanol–water partition coefficient (Wildman–Crippen LogP) is 0.692. The lowest BCUT2D eigenvalue weighted by molar-refractivity contribution is -0.0855. The first kappa shape index (κ1) is 13.7. The third-order valence-corrected chi connectivity index (χ3v) is 2.69. The first-order valence-electron chi connectivity index (χ1n) is 5.80. The fourth-order valence-electron chi connectivity index (χ4n) is 1.73. The van der Waals surface area contributed by atoms with Crippen molar-refractivity contribution in [3.8, 4) is 0 Å². The monoisotopic (exact) mass is 272 g/mol. The molecule has 104 valence electrons. The van der Waals surface area contributed by atoms with Gasteiger partial charge in [0.25, 0.3) is 5.91 Å². The number of nitrogen functional groups attached to an aromatic ring is 1. The number of amides is 1. The molecule has 2 rings (SSSR count). The number of nitrogens with two attached hydrogens (primary N) is 1. The van der Waals surface area contributed by atoms with Crippen LogP contribution in [-0.4, -0.2) is 38.4 Å². The van der Waals surface area contributed by atoms with E-state index in [9.17, 15) is 13.6 Å². The number of halogens is 2. The van der Waals surface area contributed by atoms with Crippen molar-refractivity contribution in [3.05, 3.63) is 29.3 Å². The largest absolute Gasteiger partial charge is 0.396 e. The maximum absolute atomic E-state index is 13.6. The van der Waals surface area contributed by atoms with E-state index in [-0.39, 0.29) is 12.6 Å². The molecule has 19 heavy (non-hydrogen) atoms. The maximum atomic E-state index is 13.6. The Labute approximate surface area is 108 Å². The summed E-state index contributed by atoms with van der Waals surface area (Å²) in [6, 6.07) is 1.63. The standard InChI is InChI=1S/C12H14F2N2O3/c13-7-3-9(11(14)10(15)4-7)12(17)16-5-8-6-18-1-2-19-8/h3-4,8H,1-2,5-6,15H2,(H,16,17). The lowest BCUT2D eigenvalue weighted by Gasteiger charge is -2.23. The molecule has 1 fully saturated rings. The van der Waals surface area contributed by atoms with Gasteiger partial charge in [-0.3, -0.25) is 4.79 Å². The van der Waals surface area contributed by atoms with Crippen LogP contribution >= 0.6 is 0 Å². The molecule has 0 spiro atoms. The molecule has 3 N–H and O–H groups in total. The molecule has 0 radical (unpaired) electrons. The summed E-state index contributed by atoms with van der Waals surface area (Å²) in [5, 5.41) is 2.46. The minimum absolute atomic E-state index is 0.161. The van der Waals surface area contributed by atoms with E-state index in [2.05, 4.69) is 5.32 Å². The highest BCUT2D eigenvalue weighted by atomic mass is 19.1. The van der Waals surface area contributed by atoms with Gasteiger partial charge in [0.1, 0.15) is 5.82 Å². The molecular weight excluding hydrogens is 258 g/mol. The Hall–Kier alpha value is -1.73. The van der Waals surface area contributed by atoms with Crippen molar-refractivity contribution < 1.29 is 23.0 Å². The molecule has 1 aliphatic rings. The first-order valence-corrected chi connectivity index (χ1v) is 5.80. The average Bonchev–Trinajstić information content (AvgIpc) is 2.41. The zero-order chi connectivity index (χ0) is 13.8. The minimum atomic E-state index is -0.931. The lowest BCUT2D eigenvalue weighted by atomic mass is 10.1. The molecular formula is C12H14F2N2O3. The Morgan fingerprint density at radius 2 is 2.21 bits per heavy atom. The van der Waals surface area contributed by atoms with Crippen molar-refractivity contribution in [2.24, 2.45) is 0 Å². The summed E-state index contributed by atoms with van der Waals surface area (Å²) < 4.78 is 37.1. The second-order valence-corrected chi connectivity index (χ2v) is 4.13. The maximum Gasteiger partial charge on any atom is 0.254 e. The summed E-state index contributed by atoms with van der Waals surface area (Å²) in [5.41, 5.74) is 4.44. The number of nitrogens with one attached hydrogen (secondary N) is 1. The van der Waals surface area contributed by atoms with E-state index in [1.807, 2.05) is 0 Å². The summed E-state index contributed by atoms with van der Waals surface area (Å²) in [7, 11) is 0. The molecule has 7 heteroatoms. The Balaban J connectivity index is 1.99. The molecule has 1 saturated heterocycles. The van der Waals surface area contributed by atoms with Gasteiger partial charge in [-0.2, -0.15) is 0 Å². The van der Waals surface area contributed by atoms with Crippen LogP contribution in [0.2, 0.25) is 0 Å². The highest BCUT2D eigenvalue weighted by molar-refractivity contribution is 5.95. The molecule has 1 aromatic rings. The number of benzene rings is 1. The van der Waals surface area contributed by atoms with E-state index in [0.717, 1.165) is 12.1 Å². The van der Waals surface area contributed by atoms with Gasteiger partial charge in [-0.05, 0) is 12.1 Å². The van der Waals surface area contributed by atoms with E-state index >= 15 is 0 Å². The summed E-state index contributed by atoms with van der Waals surface area (Å²) in [6.07, 6.45) is -0.285. The first-order chi connectivity index (χ1) is 9.08. The zero-order valence-corrected chi connectivity index (χ0v) is 10.1. The van der Waals surface area contributed by atoms with E-state index in [0.29, 0.717) is 19.8 Å². The minimum Gasteiger partial charge on any atom is -0.396 e. The van der Waals surface area contributed by atoms with Crippen molar-refractivity contribution in [2.75, 3.05) is 32.1 Å². The van der Waals surface area contributed by atoms with Gasteiger partial charge in [0.2, 0.25) is 0 Å². The number of ether oxygens (including phenoxy) is 2. The number of hydrogen-bond acceptors (Lipinski definition) is 4. The van der Waals surface area contributed by atoms with Crippen molar-refractivity contribution in [1.82, 2.24) is 5.32 Å². The highest BCUT2D eigenvalue weighted by Gasteiger charge is 2.19. The van der Waals surface area contributed by atoms with Crippen LogP contribution in [0.3, 0.4) is 0 Å². The van der Waals surface area contributed by atoms with Crippen molar-refractivity contribution in [3.63, 3.8) is 0 Å². The normalized spacial score (nSPS) is 19.2. The van der Waals surface area contributed by atoms with Gasteiger partial charge < -0.3 is 20.5 Å². The quantitative estimate of drug-likeness (QED) is 0.794. The SMILES string of the molecule is Nc1cc(F)cc(C(=O)NCC2COCCO2)c1F. The Morgan fingerprint density at radius 1 is 1.42 bits per heavy atom. The summed E-state index contributed by atoms with van der Waals surface area (Å²) in [4.78, 5) is 11.7. The Kier molecular flexibility index (Phi) is 4.28. The number of hydrogen-bond donors (Lipinski definition) is 2. The molecule has 1 unspecified atom stereocenters. The summed E-state index contributed by atoms with van der Waals surface area (Å²) >= 11 is 0. The predicted molar refractivity (Wildman–Crippen MR) is 63.7 cm³/mol. The topological polar surface area (TPSA) is 73.6 Å². The second-order valence-electron chi connectivity index (χ2n) is 4.13. The van der Waals surface area contributed by atoms with E-state index < -0.39 is 28.8 Å². The number of carbonyl (C=O) groups is 1.